The Bertz CT molecular complexity index is 534. The fraction of sp³-hybridized carbons (Fsp3) is 0.357. The Kier molecular flexibility index (Phi) is 4.04. The zero-order valence-corrected chi connectivity index (χ0v) is 11.7. The molecule has 18 heavy (non-hydrogen) atoms. The number of aromatic nitrogens is 2. The third-order valence-corrected chi connectivity index (χ3v) is 3.31. The van der Waals surface area contributed by atoms with Gasteiger partial charge in [0.05, 0.1) is 17.4 Å². The van der Waals surface area contributed by atoms with Crippen LogP contribution in [0.3, 0.4) is 0 Å². The van der Waals surface area contributed by atoms with Gasteiger partial charge in [0.25, 0.3) is 0 Å². The minimum Gasteiger partial charge on any atom is -0.311 e. The number of hydrogen-bond acceptors (Lipinski definition) is 2. The van der Waals surface area contributed by atoms with Crippen LogP contribution in [0.25, 0.3) is 0 Å². The molecule has 4 heteroatoms. The van der Waals surface area contributed by atoms with E-state index in [9.17, 15) is 0 Å². The average Bonchev–Trinajstić information content (AvgIpc) is 2.65. The Morgan fingerprint density at radius 3 is 2.72 bits per heavy atom. The summed E-state index contributed by atoms with van der Waals surface area (Å²) >= 11 is 6.01. The van der Waals surface area contributed by atoms with Crippen molar-refractivity contribution >= 4 is 11.6 Å². The molecule has 0 aliphatic rings. The Morgan fingerprint density at radius 1 is 1.39 bits per heavy atom. The Balaban J connectivity index is 2.22. The van der Waals surface area contributed by atoms with E-state index < -0.39 is 0 Å². The van der Waals surface area contributed by atoms with E-state index in [1.807, 2.05) is 43.9 Å². The molecular weight excluding hydrogens is 246 g/mol. The molecule has 96 valence electrons. The second kappa shape index (κ2) is 5.55. The first-order valence-corrected chi connectivity index (χ1v) is 6.40. The van der Waals surface area contributed by atoms with Crippen LogP contribution in [0.4, 0.5) is 0 Å². The van der Waals surface area contributed by atoms with Gasteiger partial charge in [-0.15, -0.1) is 0 Å². The van der Waals surface area contributed by atoms with Crippen molar-refractivity contribution in [1.82, 2.24) is 15.1 Å². The summed E-state index contributed by atoms with van der Waals surface area (Å²) in [5.74, 6) is 0. The molecule has 1 unspecified atom stereocenters. The van der Waals surface area contributed by atoms with Crippen molar-refractivity contribution in [1.29, 1.82) is 0 Å². The first-order chi connectivity index (χ1) is 8.60. The van der Waals surface area contributed by atoms with E-state index in [0.717, 1.165) is 17.1 Å². The highest BCUT2D eigenvalue weighted by Crippen LogP contribution is 2.20. The summed E-state index contributed by atoms with van der Waals surface area (Å²) in [4.78, 5) is 0. The second-order valence-electron chi connectivity index (χ2n) is 4.51. The average molecular weight is 264 g/mol. The largest absolute Gasteiger partial charge is 0.311 e. The highest BCUT2D eigenvalue weighted by atomic mass is 35.5. The van der Waals surface area contributed by atoms with Crippen LogP contribution < -0.4 is 5.32 Å². The van der Waals surface area contributed by atoms with Crippen LogP contribution in [-0.2, 0) is 13.5 Å². The number of nitrogens with one attached hydrogen (secondary N) is 1. The van der Waals surface area contributed by atoms with E-state index in [1.54, 1.807) is 0 Å². The first-order valence-electron chi connectivity index (χ1n) is 6.02. The van der Waals surface area contributed by atoms with E-state index in [2.05, 4.69) is 22.5 Å². The molecule has 3 nitrogen and oxygen atoms in total. The van der Waals surface area contributed by atoms with Gasteiger partial charge in [-0.1, -0.05) is 23.7 Å². The van der Waals surface area contributed by atoms with E-state index >= 15 is 0 Å². The summed E-state index contributed by atoms with van der Waals surface area (Å²) in [5.41, 5.74) is 3.45. The molecule has 1 N–H and O–H groups in total. The lowest BCUT2D eigenvalue weighted by molar-refractivity contribution is 0.537. The molecule has 1 heterocycles. The summed E-state index contributed by atoms with van der Waals surface area (Å²) in [6.07, 6.45) is 0.899. The third-order valence-electron chi connectivity index (χ3n) is 3.07. The molecule has 0 saturated carbocycles. The standard InChI is InChI=1S/C14H18ClN3/c1-10-7-14(18(3)17-10)13(16-2)9-11-5-4-6-12(15)8-11/h4-8,13,16H,9H2,1-3H3. The quantitative estimate of drug-likeness (QED) is 0.919. The molecule has 0 amide bonds. The number of aryl methyl sites for hydroxylation is 2. The number of nitrogens with zero attached hydrogens (tertiary/aromatic N) is 2. The first kappa shape index (κ1) is 13.1. The maximum absolute atomic E-state index is 6.01. The Hall–Kier alpha value is -1.32. The molecule has 0 fully saturated rings. The van der Waals surface area contributed by atoms with Gasteiger partial charge < -0.3 is 5.32 Å². The van der Waals surface area contributed by atoms with Crippen molar-refractivity contribution in [2.24, 2.45) is 7.05 Å². The fourth-order valence-electron chi connectivity index (χ4n) is 2.21. The van der Waals surface area contributed by atoms with Crippen molar-refractivity contribution in [2.45, 2.75) is 19.4 Å². The van der Waals surface area contributed by atoms with Crippen molar-refractivity contribution in [3.8, 4) is 0 Å². The van der Waals surface area contributed by atoms with Crippen LogP contribution in [0.15, 0.2) is 30.3 Å². The van der Waals surface area contributed by atoms with Gasteiger partial charge in [0.15, 0.2) is 0 Å². The summed E-state index contributed by atoms with van der Waals surface area (Å²) in [6, 6.07) is 10.3. The normalized spacial score (nSPS) is 12.7. The van der Waals surface area contributed by atoms with E-state index in [-0.39, 0.29) is 6.04 Å². The third kappa shape index (κ3) is 2.92. The molecule has 0 bridgehead atoms. The minimum atomic E-state index is 0.245. The second-order valence-corrected chi connectivity index (χ2v) is 4.95. The van der Waals surface area contributed by atoms with E-state index in [1.165, 1.54) is 11.3 Å². The maximum atomic E-state index is 6.01. The molecule has 0 saturated heterocycles. The van der Waals surface area contributed by atoms with Gasteiger partial charge in [-0.2, -0.15) is 5.10 Å². The number of likely N-dealkylation sites (N-methyl/N-ethyl adjacent to an activating group) is 1. The maximum Gasteiger partial charge on any atom is 0.0597 e. The molecule has 0 aliphatic heterocycles. The van der Waals surface area contributed by atoms with Gasteiger partial charge in [-0.3, -0.25) is 4.68 Å². The van der Waals surface area contributed by atoms with Crippen LogP contribution in [0.2, 0.25) is 5.02 Å². The summed E-state index contributed by atoms with van der Waals surface area (Å²) in [6.45, 7) is 2.01. The predicted molar refractivity (Wildman–Crippen MR) is 74.9 cm³/mol. The van der Waals surface area contributed by atoms with Gasteiger partial charge in [0.1, 0.15) is 0 Å². The van der Waals surface area contributed by atoms with Gasteiger partial charge in [-0.25, -0.2) is 0 Å². The smallest absolute Gasteiger partial charge is 0.0597 e. The Morgan fingerprint density at radius 2 is 2.17 bits per heavy atom. The Labute approximate surface area is 113 Å². The van der Waals surface area contributed by atoms with Crippen LogP contribution in [0.5, 0.6) is 0 Å². The zero-order chi connectivity index (χ0) is 13.1. The van der Waals surface area contributed by atoms with Gasteiger partial charge in [0.2, 0.25) is 0 Å². The summed E-state index contributed by atoms with van der Waals surface area (Å²) in [7, 11) is 3.95. The number of benzene rings is 1. The molecule has 1 atom stereocenters. The van der Waals surface area contributed by atoms with E-state index in [4.69, 9.17) is 11.6 Å². The zero-order valence-electron chi connectivity index (χ0n) is 10.9. The van der Waals surface area contributed by atoms with Crippen molar-refractivity contribution < 1.29 is 0 Å². The highest BCUT2D eigenvalue weighted by Gasteiger charge is 2.14. The molecule has 0 spiro atoms. The molecule has 0 aliphatic carbocycles. The minimum absolute atomic E-state index is 0.245. The van der Waals surface area contributed by atoms with Crippen molar-refractivity contribution in [3.05, 3.63) is 52.3 Å². The number of hydrogen-bond donors (Lipinski definition) is 1. The van der Waals surface area contributed by atoms with Crippen LogP contribution in [0.1, 0.15) is 23.0 Å². The molecule has 2 rings (SSSR count). The molecule has 2 aromatic rings. The van der Waals surface area contributed by atoms with Crippen LogP contribution in [-0.4, -0.2) is 16.8 Å². The SMILES string of the molecule is CNC(Cc1cccc(Cl)c1)c1cc(C)nn1C. The molecule has 1 aromatic carbocycles. The van der Waals surface area contributed by atoms with Gasteiger partial charge >= 0.3 is 0 Å². The van der Waals surface area contributed by atoms with Gasteiger partial charge in [0, 0.05) is 12.1 Å². The molecule has 0 radical (unpaired) electrons. The van der Waals surface area contributed by atoms with Crippen LogP contribution in [0, 0.1) is 6.92 Å². The van der Waals surface area contributed by atoms with Crippen molar-refractivity contribution in [2.75, 3.05) is 7.05 Å². The van der Waals surface area contributed by atoms with Crippen molar-refractivity contribution in [3.63, 3.8) is 0 Å². The van der Waals surface area contributed by atoms with E-state index in [0.29, 0.717) is 0 Å². The predicted octanol–water partition coefficient (Wildman–Crippen LogP) is 2.89. The lowest BCUT2D eigenvalue weighted by Crippen LogP contribution is -2.21. The highest BCUT2D eigenvalue weighted by molar-refractivity contribution is 6.30. The monoisotopic (exact) mass is 263 g/mol. The number of halogens is 1. The topological polar surface area (TPSA) is 29.9 Å². The fourth-order valence-corrected chi connectivity index (χ4v) is 2.42. The summed E-state index contributed by atoms with van der Waals surface area (Å²) < 4.78 is 1.93. The lowest BCUT2D eigenvalue weighted by Gasteiger charge is -2.16. The van der Waals surface area contributed by atoms with Gasteiger partial charge in [-0.05, 0) is 44.2 Å². The lowest BCUT2D eigenvalue weighted by atomic mass is 10.0. The summed E-state index contributed by atoms with van der Waals surface area (Å²) in [5, 5.41) is 8.51. The molecule has 1 aromatic heterocycles. The molecular formula is C14H18ClN3. The number of rotatable bonds is 4. The van der Waals surface area contributed by atoms with Crippen LogP contribution >= 0.6 is 11.6 Å².